The summed E-state index contributed by atoms with van der Waals surface area (Å²) in [5.41, 5.74) is 3.97. The smallest absolute Gasteiger partial charge is 0.264 e. The van der Waals surface area contributed by atoms with Gasteiger partial charge < -0.3 is 14.4 Å². The van der Waals surface area contributed by atoms with E-state index >= 15 is 0 Å². The molecule has 0 atom stereocenters. The van der Waals surface area contributed by atoms with Crippen molar-refractivity contribution in [2.45, 2.75) is 11.8 Å². The van der Waals surface area contributed by atoms with Gasteiger partial charge in [-0.3, -0.25) is 13.9 Å². The minimum Gasteiger partial charge on any atom is -0.484 e. The Labute approximate surface area is 238 Å². The van der Waals surface area contributed by atoms with Gasteiger partial charge >= 0.3 is 0 Å². The molecule has 0 aromatic heterocycles. The molecule has 12 heteroatoms. The second-order valence-electron chi connectivity index (χ2n) is 8.90. The average Bonchev–Trinajstić information content (AvgIpc) is 2.96. The van der Waals surface area contributed by atoms with Crippen LogP contribution in [-0.2, 0) is 24.3 Å². The van der Waals surface area contributed by atoms with Crippen LogP contribution in [0.4, 0.5) is 5.69 Å². The highest BCUT2D eigenvalue weighted by molar-refractivity contribution is 7.92. The van der Waals surface area contributed by atoms with E-state index in [1.165, 1.54) is 18.3 Å². The van der Waals surface area contributed by atoms with Crippen molar-refractivity contribution in [1.82, 2.24) is 10.3 Å². The molecule has 40 heavy (non-hydrogen) atoms. The average molecular weight is 585 g/mol. The number of benzene rings is 3. The van der Waals surface area contributed by atoms with Crippen molar-refractivity contribution in [1.29, 1.82) is 0 Å². The van der Waals surface area contributed by atoms with Gasteiger partial charge in [-0.2, -0.15) is 5.10 Å². The van der Waals surface area contributed by atoms with E-state index in [1.54, 1.807) is 72.5 Å². The molecule has 0 spiro atoms. The molecule has 1 N–H and O–H groups in total. The molecule has 0 saturated carbocycles. The number of nitrogens with one attached hydrogen (secondary N) is 1. The van der Waals surface area contributed by atoms with Crippen molar-refractivity contribution in [3.63, 3.8) is 0 Å². The molecule has 1 fully saturated rings. The predicted octanol–water partition coefficient (Wildman–Crippen LogP) is 3.23. The van der Waals surface area contributed by atoms with E-state index in [-0.39, 0.29) is 17.4 Å². The first kappa shape index (κ1) is 29.1. The van der Waals surface area contributed by atoms with E-state index in [0.29, 0.717) is 53.9 Å². The number of amides is 2. The van der Waals surface area contributed by atoms with Gasteiger partial charge in [-0.1, -0.05) is 29.8 Å². The van der Waals surface area contributed by atoms with E-state index < -0.39 is 22.5 Å². The third-order valence-corrected chi connectivity index (χ3v) is 8.06. The van der Waals surface area contributed by atoms with Crippen molar-refractivity contribution in [3.05, 3.63) is 88.9 Å². The van der Waals surface area contributed by atoms with Crippen LogP contribution in [0.1, 0.15) is 11.1 Å². The Hall–Kier alpha value is -3.93. The molecule has 1 aliphatic heterocycles. The molecular formula is C28H29ClN4O6S. The standard InChI is InChI=1S/C28H29ClN4O6S/c1-21-17-23(29)9-12-26(21)33(40(36,37)25-5-3-2-4-6-25)19-27(34)31-30-18-22-7-10-24(11-8-22)39-20-28(35)32-13-15-38-16-14-32/h2-12,17-18H,13-16,19-20H2,1H3,(H,31,34)/b30-18-. The summed E-state index contributed by atoms with van der Waals surface area (Å²) in [6, 6.07) is 19.4. The van der Waals surface area contributed by atoms with Gasteiger partial charge in [0.05, 0.1) is 30.0 Å². The fraction of sp³-hybridized carbons (Fsp3) is 0.250. The largest absolute Gasteiger partial charge is 0.484 e. The van der Waals surface area contributed by atoms with Crippen LogP contribution in [0, 0.1) is 6.92 Å². The number of nitrogens with zero attached hydrogens (tertiary/aromatic N) is 3. The summed E-state index contributed by atoms with van der Waals surface area (Å²) in [6.07, 6.45) is 1.42. The Kier molecular flexibility index (Phi) is 9.75. The minimum atomic E-state index is -4.06. The summed E-state index contributed by atoms with van der Waals surface area (Å²) in [7, 11) is -4.06. The fourth-order valence-electron chi connectivity index (χ4n) is 3.96. The maximum Gasteiger partial charge on any atom is 0.264 e. The molecule has 1 aliphatic rings. The Balaban J connectivity index is 1.38. The minimum absolute atomic E-state index is 0.0506. The molecule has 210 valence electrons. The van der Waals surface area contributed by atoms with Crippen molar-refractivity contribution in [2.75, 3.05) is 43.8 Å². The van der Waals surface area contributed by atoms with Crippen molar-refractivity contribution < 1.29 is 27.5 Å². The van der Waals surface area contributed by atoms with Crippen LogP contribution in [-0.4, -0.2) is 70.8 Å². The third kappa shape index (κ3) is 7.59. The topological polar surface area (TPSA) is 118 Å². The normalized spacial score (nSPS) is 13.7. The summed E-state index contributed by atoms with van der Waals surface area (Å²) in [6.45, 7) is 3.31. The maximum atomic E-state index is 13.5. The highest BCUT2D eigenvalue weighted by Gasteiger charge is 2.28. The second-order valence-corrected chi connectivity index (χ2v) is 11.2. The van der Waals surface area contributed by atoms with Gasteiger partial charge in [0.25, 0.3) is 21.8 Å². The highest BCUT2D eigenvalue weighted by atomic mass is 35.5. The number of carbonyl (C=O) groups excluding carboxylic acids is 2. The number of halogens is 1. The summed E-state index contributed by atoms with van der Waals surface area (Å²) >= 11 is 6.06. The molecule has 0 radical (unpaired) electrons. The number of ether oxygens (including phenoxy) is 2. The monoisotopic (exact) mass is 584 g/mol. The number of aryl methyl sites for hydroxylation is 1. The molecule has 1 saturated heterocycles. The molecular weight excluding hydrogens is 556 g/mol. The zero-order valence-electron chi connectivity index (χ0n) is 21.8. The first-order valence-corrected chi connectivity index (χ1v) is 14.3. The van der Waals surface area contributed by atoms with Gasteiger partial charge in [-0.25, -0.2) is 13.8 Å². The van der Waals surface area contributed by atoms with E-state index in [2.05, 4.69) is 10.5 Å². The molecule has 0 unspecified atom stereocenters. The number of hydrogen-bond donors (Lipinski definition) is 1. The van der Waals surface area contributed by atoms with Gasteiger partial charge in [0.2, 0.25) is 0 Å². The first-order valence-electron chi connectivity index (χ1n) is 12.5. The maximum absolute atomic E-state index is 13.5. The van der Waals surface area contributed by atoms with E-state index in [9.17, 15) is 18.0 Å². The number of anilines is 1. The number of hydrazone groups is 1. The van der Waals surface area contributed by atoms with Crippen molar-refractivity contribution in [2.24, 2.45) is 5.10 Å². The van der Waals surface area contributed by atoms with Crippen LogP contribution in [0.25, 0.3) is 0 Å². The van der Waals surface area contributed by atoms with Gasteiger partial charge in [0, 0.05) is 18.1 Å². The molecule has 1 heterocycles. The zero-order chi connectivity index (χ0) is 28.5. The van der Waals surface area contributed by atoms with Crippen molar-refractivity contribution in [3.8, 4) is 5.75 Å². The van der Waals surface area contributed by atoms with Gasteiger partial charge in [-0.15, -0.1) is 0 Å². The van der Waals surface area contributed by atoms with Crippen LogP contribution in [0.2, 0.25) is 5.02 Å². The first-order chi connectivity index (χ1) is 19.2. The lowest BCUT2D eigenvalue weighted by molar-refractivity contribution is -0.137. The molecule has 2 amide bonds. The number of morpholine rings is 1. The highest BCUT2D eigenvalue weighted by Crippen LogP contribution is 2.28. The lowest BCUT2D eigenvalue weighted by atomic mass is 10.2. The quantitative estimate of drug-likeness (QED) is 0.289. The summed E-state index contributed by atoms with van der Waals surface area (Å²) in [5, 5.41) is 4.42. The number of rotatable bonds is 10. The van der Waals surface area contributed by atoms with Gasteiger partial charge in [0.1, 0.15) is 12.3 Å². The molecule has 3 aromatic rings. The fourth-order valence-corrected chi connectivity index (χ4v) is 5.70. The summed E-state index contributed by atoms with van der Waals surface area (Å²) in [4.78, 5) is 26.8. The lowest BCUT2D eigenvalue weighted by Crippen LogP contribution is -2.42. The Morgan fingerprint density at radius 1 is 1.07 bits per heavy atom. The van der Waals surface area contributed by atoms with E-state index in [4.69, 9.17) is 21.1 Å². The van der Waals surface area contributed by atoms with Crippen LogP contribution in [0.15, 0.2) is 82.8 Å². The van der Waals surface area contributed by atoms with E-state index in [0.717, 1.165) is 4.31 Å². The molecule has 10 nitrogen and oxygen atoms in total. The Morgan fingerprint density at radius 2 is 1.77 bits per heavy atom. The van der Waals surface area contributed by atoms with Crippen LogP contribution in [0.5, 0.6) is 5.75 Å². The number of hydrogen-bond acceptors (Lipinski definition) is 7. The number of sulfonamides is 1. The molecule has 3 aromatic carbocycles. The van der Waals surface area contributed by atoms with Crippen LogP contribution >= 0.6 is 11.6 Å². The van der Waals surface area contributed by atoms with Gasteiger partial charge in [-0.05, 0) is 72.6 Å². The Morgan fingerprint density at radius 3 is 2.45 bits per heavy atom. The molecule has 4 rings (SSSR count). The number of carbonyl (C=O) groups is 2. The van der Waals surface area contributed by atoms with Crippen LogP contribution < -0.4 is 14.5 Å². The summed E-state index contributed by atoms with van der Waals surface area (Å²) in [5.74, 6) is -0.219. The SMILES string of the molecule is Cc1cc(Cl)ccc1N(CC(=O)N/N=C\c1ccc(OCC(=O)N2CCOCC2)cc1)S(=O)(=O)c1ccccc1. The second kappa shape index (κ2) is 13.4. The zero-order valence-corrected chi connectivity index (χ0v) is 23.4. The third-order valence-electron chi connectivity index (χ3n) is 6.06. The van der Waals surface area contributed by atoms with E-state index in [1.807, 2.05) is 0 Å². The lowest BCUT2D eigenvalue weighted by Gasteiger charge is -2.26. The Bertz CT molecular complexity index is 1460. The van der Waals surface area contributed by atoms with Gasteiger partial charge in [0.15, 0.2) is 6.61 Å². The molecule has 0 bridgehead atoms. The van der Waals surface area contributed by atoms with Crippen LogP contribution in [0.3, 0.4) is 0 Å². The predicted molar refractivity (Wildman–Crippen MR) is 152 cm³/mol. The molecule has 0 aliphatic carbocycles. The summed E-state index contributed by atoms with van der Waals surface area (Å²) < 4.78 is 38.8. The van der Waals surface area contributed by atoms with Crippen molar-refractivity contribution >= 4 is 45.3 Å².